The Balaban J connectivity index is 1.52. The van der Waals surface area contributed by atoms with Gasteiger partial charge in [0.2, 0.25) is 0 Å². The van der Waals surface area contributed by atoms with Crippen LogP contribution < -0.4 is 16.4 Å². The van der Waals surface area contributed by atoms with Gasteiger partial charge in [0.1, 0.15) is 0 Å². The number of carbonyl (C=O) groups is 1. The monoisotopic (exact) mass is 339 g/mol. The highest BCUT2D eigenvalue weighted by Gasteiger charge is 2.31. The van der Waals surface area contributed by atoms with Gasteiger partial charge in [-0.3, -0.25) is 4.57 Å². The number of aryl methyl sites for hydroxylation is 1. The van der Waals surface area contributed by atoms with Crippen LogP contribution in [0.4, 0.5) is 10.5 Å². The molecule has 2 amide bonds. The van der Waals surface area contributed by atoms with Gasteiger partial charge in [0.05, 0.1) is 17.7 Å². The van der Waals surface area contributed by atoms with Crippen LogP contribution in [0.25, 0.3) is 11.1 Å². The molecular weight excluding hydrogens is 322 g/mol. The van der Waals surface area contributed by atoms with Crippen LogP contribution in [0.5, 0.6) is 0 Å². The molecule has 1 aromatic heterocycles. The van der Waals surface area contributed by atoms with Crippen molar-refractivity contribution in [1.82, 2.24) is 9.88 Å². The van der Waals surface area contributed by atoms with E-state index in [0.717, 1.165) is 11.1 Å². The van der Waals surface area contributed by atoms with Crippen molar-refractivity contribution in [2.24, 2.45) is 7.05 Å². The highest BCUT2D eigenvalue weighted by Crippen LogP contribution is 2.31. The van der Waals surface area contributed by atoms with Gasteiger partial charge in [0.25, 0.3) is 0 Å². The molecule has 0 bridgehead atoms. The fourth-order valence-electron chi connectivity index (χ4n) is 3.27. The molecule has 1 heterocycles. The van der Waals surface area contributed by atoms with Crippen molar-refractivity contribution < 1.29 is 14.3 Å². The summed E-state index contributed by atoms with van der Waals surface area (Å²) in [6.45, 7) is 0. The van der Waals surface area contributed by atoms with E-state index in [4.69, 9.17) is 4.42 Å². The van der Waals surface area contributed by atoms with Crippen molar-refractivity contribution in [1.29, 1.82) is 0 Å². The van der Waals surface area contributed by atoms with Crippen LogP contribution in [0.3, 0.4) is 0 Å². The standard InChI is InChI=1S/C18H17N3O4/c1-21-13-7-6-11(9-15(13)25-18(21)24)19-17(23)20-16-12-5-3-2-4-10(12)8-14(16)22/h2-7,9,14,16,22H,8H2,1H3,(H2,19,20,23)/t14-,16+/m1/s1. The van der Waals surface area contributed by atoms with Gasteiger partial charge in [0.15, 0.2) is 5.58 Å². The lowest BCUT2D eigenvalue weighted by Crippen LogP contribution is -2.36. The molecule has 2 atom stereocenters. The Hall–Kier alpha value is -3.06. The first-order chi connectivity index (χ1) is 12.0. The van der Waals surface area contributed by atoms with Gasteiger partial charge in [-0.25, -0.2) is 9.59 Å². The molecule has 1 aliphatic carbocycles. The minimum absolute atomic E-state index is 0.400. The average molecular weight is 339 g/mol. The third kappa shape index (κ3) is 2.68. The van der Waals surface area contributed by atoms with Crippen molar-refractivity contribution in [2.45, 2.75) is 18.6 Å². The summed E-state index contributed by atoms with van der Waals surface area (Å²) in [7, 11) is 1.62. The third-order valence-electron chi connectivity index (χ3n) is 4.54. The molecule has 7 heteroatoms. The summed E-state index contributed by atoms with van der Waals surface area (Å²) in [6.07, 6.45) is -0.139. The molecule has 0 saturated heterocycles. The maximum absolute atomic E-state index is 12.3. The Morgan fingerprint density at radius 3 is 2.92 bits per heavy atom. The topological polar surface area (TPSA) is 96.5 Å². The average Bonchev–Trinajstić information content (AvgIpc) is 3.04. The van der Waals surface area contributed by atoms with E-state index < -0.39 is 23.9 Å². The maximum Gasteiger partial charge on any atom is 0.419 e. The van der Waals surface area contributed by atoms with E-state index in [2.05, 4.69) is 10.6 Å². The van der Waals surface area contributed by atoms with Gasteiger partial charge in [-0.1, -0.05) is 24.3 Å². The Bertz CT molecular complexity index is 1020. The van der Waals surface area contributed by atoms with Crippen molar-refractivity contribution >= 4 is 22.8 Å². The van der Waals surface area contributed by atoms with Crippen molar-refractivity contribution in [2.75, 3.05) is 5.32 Å². The molecule has 2 aromatic carbocycles. The number of urea groups is 1. The molecule has 0 saturated carbocycles. The van der Waals surface area contributed by atoms with E-state index in [1.165, 1.54) is 4.57 Å². The highest BCUT2D eigenvalue weighted by atomic mass is 16.4. The quantitative estimate of drug-likeness (QED) is 0.664. The zero-order valence-corrected chi connectivity index (χ0v) is 13.5. The second-order valence-electron chi connectivity index (χ2n) is 6.16. The molecule has 0 aliphatic heterocycles. The lowest BCUT2D eigenvalue weighted by Gasteiger charge is -2.18. The van der Waals surface area contributed by atoms with E-state index in [-0.39, 0.29) is 0 Å². The molecule has 0 unspecified atom stereocenters. The van der Waals surface area contributed by atoms with Crippen LogP contribution in [0.15, 0.2) is 51.7 Å². The number of carbonyl (C=O) groups excluding carboxylic acids is 1. The third-order valence-corrected chi connectivity index (χ3v) is 4.54. The van der Waals surface area contributed by atoms with Crippen LogP contribution in [-0.4, -0.2) is 21.8 Å². The molecule has 3 N–H and O–H groups in total. The number of nitrogens with one attached hydrogen (secondary N) is 2. The van der Waals surface area contributed by atoms with Crippen molar-refractivity contribution in [3.63, 3.8) is 0 Å². The summed E-state index contributed by atoms with van der Waals surface area (Å²) in [5.74, 6) is -0.456. The number of fused-ring (bicyclic) bond motifs is 2. The highest BCUT2D eigenvalue weighted by molar-refractivity contribution is 5.92. The molecule has 1 aliphatic rings. The van der Waals surface area contributed by atoms with Crippen LogP contribution >= 0.6 is 0 Å². The van der Waals surface area contributed by atoms with Gasteiger partial charge < -0.3 is 20.2 Å². The number of hydrogen-bond acceptors (Lipinski definition) is 4. The second-order valence-corrected chi connectivity index (χ2v) is 6.16. The Kier molecular flexibility index (Phi) is 3.58. The SMILES string of the molecule is Cn1c(=O)oc2cc(NC(=O)N[C@H]3c4ccccc4C[C@H]3O)ccc21. The van der Waals surface area contributed by atoms with Crippen LogP contribution in [0.1, 0.15) is 17.2 Å². The zero-order chi connectivity index (χ0) is 17.6. The molecule has 0 radical (unpaired) electrons. The lowest BCUT2D eigenvalue weighted by molar-refractivity contribution is 0.144. The summed E-state index contributed by atoms with van der Waals surface area (Å²) in [5, 5.41) is 15.7. The minimum atomic E-state index is -0.655. The van der Waals surface area contributed by atoms with Gasteiger partial charge in [0, 0.05) is 25.2 Å². The van der Waals surface area contributed by atoms with E-state index in [0.29, 0.717) is 23.2 Å². The summed E-state index contributed by atoms with van der Waals surface area (Å²) in [4.78, 5) is 23.8. The molecule has 0 spiro atoms. The summed E-state index contributed by atoms with van der Waals surface area (Å²) in [5.41, 5.74) is 3.51. The molecule has 0 fully saturated rings. The number of oxazole rings is 1. The number of nitrogens with zero attached hydrogens (tertiary/aromatic N) is 1. The molecular formula is C18H17N3O4. The Labute approximate surface area is 142 Å². The summed E-state index contributed by atoms with van der Waals surface area (Å²) >= 11 is 0. The molecule has 3 aromatic rings. The summed E-state index contributed by atoms with van der Waals surface area (Å²) < 4.78 is 6.51. The lowest BCUT2D eigenvalue weighted by atomic mass is 10.1. The zero-order valence-electron chi connectivity index (χ0n) is 13.5. The van der Waals surface area contributed by atoms with Gasteiger partial charge in [-0.15, -0.1) is 0 Å². The van der Waals surface area contributed by atoms with Gasteiger partial charge in [-0.2, -0.15) is 0 Å². The van der Waals surface area contributed by atoms with E-state index >= 15 is 0 Å². The normalized spacial score (nSPS) is 19.0. The number of amides is 2. The number of aromatic nitrogens is 1. The fourth-order valence-corrected chi connectivity index (χ4v) is 3.27. The Morgan fingerprint density at radius 1 is 1.28 bits per heavy atom. The van der Waals surface area contributed by atoms with Crippen LogP contribution in [0, 0.1) is 0 Å². The van der Waals surface area contributed by atoms with E-state index in [9.17, 15) is 14.7 Å². The summed E-state index contributed by atoms with van der Waals surface area (Å²) in [6, 6.07) is 11.8. The molecule has 25 heavy (non-hydrogen) atoms. The number of hydrogen-bond donors (Lipinski definition) is 3. The fraction of sp³-hybridized carbons (Fsp3) is 0.222. The minimum Gasteiger partial charge on any atom is -0.408 e. The van der Waals surface area contributed by atoms with Gasteiger partial charge in [-0.05, 0) is 23.3 Å². The second kappa shape index (κ2) is 5.78. The van der Waals surface area contributed by atoms with Crippen LogP contribution in [-0.2, 0) is 13.5 Å². The number of anilines is 1. The van der Waals surface area contributed by atoms with Crippen molar-refractivity contribution in [3.05, 3.63) is 64.1 Å². The number of rotatable bonds is 2. The largest absolute Gasteiger partial charge is 0.419 e. The predicted octanol–water partition coefficient (Wildman–Crippen LogP) is 1.91. The smallest absolute Gasteiger partial charge is 0.408 e. The molecule has 128 valence electrons. The van der Waals surface area contributed by atoms with E-state index in [1.54, 1.807) is 25.2 Å². The molecule has 4 rings (SSSR count). The number of benzene rings is 2. The Morgan fingerprint density at radius 2 is 2.08 bits per heavy atom. The first kappa shape index (κ1) is 15.5. The maximum atomic E-state index is 12.3. The van der Waals surface area contributed by atoms with Crippen molar-refractivity contribution in [3.8, 4) is 0 Å². The first-order valence-electron chi connectivity index (χ1n) is 7.96. The first-order valence-corrected chi connectivity index (χ1v) is 7.96. The number of aliphatic hydroxyl groups excluding tert-OH is 1. The molecule has 7 nitrogen and oxygen atoms in total. The van der Waals surface area contributed by atoms with Crippen LogP contribution in [0.2, 0.25) is 0 Å². The van der Waals surface area contributed by atoms with E-state index in [1.807, 2.05) is 24.3 Å². The number of aliphatic hydroxyl groups is 1. The van der Waals surface area contributed by atoms with Gasteiger partial charge >= 0.3 is 11.8 Å². The predicted molar refractivity (Wildman–Crippen MR) is 92.5 cm³/mol.